The molecule has 2 aromatic rings. The van der Waals surface area contributed by atoms with Crippen molar-refractivity contribution in [3.63, 3.8) is 0 Å². The molecule has 0 saturated carbocycles. The van der Waals surface area contributed by atoms with E-state index in [0.717, 1.165) is 18.4 Å². The van der Waals surface area contributed by atoms with E-state index in [-0.39, 0.29) is 18.6 Å². The molecule has 0 radical (unpaired) electrons. The lowest BCUT2D eigenvalue weighted by molar-refractivity contribution is 0.0195. The Morgan fingerprint density at radius 1 is 1.21 bits per heavy atom. The van der Waals surface area contributed by atoms with E-state index < -0.39 is 17.3 Å². The maximum atomic E-state index is 13.2. The molecule has 1 aromatic carbocycles. The quantitative estimate of drug-likeness (QED) is 0.847. The van der Waals surface area contributed by atoms with Gasteiger partial charge in [0.2, 0.25) is 5.88 Å². The fraction of sp³-hybridized carbons (Fsp3) is 0.375. The molecule has 2 aliphatic rings. The molecule has 8 heteroatoms. The third-order valence-corrected chi connectivity index (χ3v) is 4.12. The van der Waals surface area contributed by atoms with Crippen LogP contribution in [0.1, 0.15) is 5.56 Å². The SMILES string of the molecule is O=c1nc(OCc2cc(F)cc(F)c2)cc2n1CC1CN2CCO1. The van der Waals surface area contributed by atoms with Crippen LogP contribution >= 0.6 is 0 Å². The monoisotopic (exact) mass is 335 g/mol. The first-order valence-electron chi connectivity index (χ1n) is 7.65. The Labute approximate surface area is 136 Å². The average Bonchev–Trinajstić information content (AvgIpc) is 2.54. The third-order valence-electron chi connectivity index (χ3n) is 4.12. The van der Waals surface area contributed by atoms with Gasteiger partial charge in [0.05, 0.1) is 19.3 Å². The van der Waals surface area contributed by atoms with Gasteiger partial charge in [-0.2, -0.15) is 4.98 Å². The number of anilines is 1. The number of fused-ring (bicyclic) bond motifs is 4. The third kappa shape index (κ3) is 2.84. The van der Waals surface area contributed by atoms with E-state index in [2.05, 4.69) is 9.88 Å². The summed E-state index contributed by atoms with van der Waals surface area (Å²) in [5.41, 5.74) is -0.0910. The Bertz CT molecular complexity index is 820. The Balaban J connectivity index is 1.58. The van der Waals surface area contributed by atoms with E-state index in [1.165, 1.54) is 12.1 Å². The summed E-state index contributed by atoms with van der Waals surface area (Å²) in [6, 6.07) is 4.84. The van der Waals surface area contributed by atoms with Gasteiger partial charge in [0.15, 0.2) is 0 Å². The highest BCUT2D eigenvalue weighted by Crippen LogP contribution is 2.25. The summed E-state index contributed by atoms with van der Waals surface area (Å²) >= 11 is 0. The smallest absolute Gasteiger partial charge is 0.352 e. The van der Waals surface area contributed by atoms with Gasteiger partial charge in [-0.25, -0.2) is 13.6 Å². The van der Waals surface area contributed by atoms with Crippen LogP contribution in [0, 0.1) is 11.6 Å². The lowest BCUT2D eigenvalue weighted by atomic mass is 10.2. The second-order valence-electron chi connectivity index (χ2n) is 5.85. The number of nitrogens with zero attached hydrogens (tertiary/aromatic N) is 3. The molecule has 1 aromatic heterocycles. The van der Waals surface area contributed by atoms with Crippen LogP contribution in [-0.2, 0) is 17.9 Å². The number of ether oxygens (including phenoxy) is 2. The Morgan fingerprint density at radius 3 is 2.79 bits per heavy atom. The Kier molecular flexibility index (Phi) is 3.68. The second-order valence-corrected chi connectivity index (χ2v) is 5.85. The van der Waals surface area contributed by atoms with Gasteiger partial charge in [0.1, 0.15) is 24.1 Å². The van der Waals surface area contributed by atoms with E-state index in [0.29, 0.717) is 25.3 Å². The molecular weight excluding hydrogens is 320 g/mol. The molecule has 1 unspecified atom stereocenters. The average molecular weight is 335 g/mol. The minimum Gasteiger partial charge on any atom is -0.473 e. The molecule has 24 heavy (non-hydrogen) atoms. The maximum absolute atomic E-state index is 13.2. The van der Waals surface area contributed by atoms with Gasteiger partial charge in [-0.1, -0.05) is 0 Å². The van der Waals surface area contributed by atoms with Crippen molar-refractivity contribution in [2.75, 3.05) is 24.6 Å². The molecular formula is C16H15F2N3O3. The molecule has 0 aliphatic carbocycles. The number of halogens is 2. The highest BCUT2D eigenvalue weighted by atomic mass is 19.1. The van der Waals surface area contributed by atoms with Gasteiger partial charge in [-0.15, -0.1) is 0 Å². The molecule has 6 nitrogen and oxygen atoms in total. The lowest BCUT2D eigenvalue weighted by Crippen LogP contribution is -2.52. The molecule has 0 spiro atoms. The van der Waals surface area contributed by atoms with Gasteiger partial charge in [-0.05, 0) is 17.7 Å². The fourth-order valence-electron chi connectivity index (χ4n) is 3.07. The van der Waals surface area contributed by atoms with E-state index in [4.69, 9.17) is 9.47 Å². The molecule has 2 bridgehead atoms. The molecule has 126 valence electrons. The summed E-state index contributed by atoms with van der Waals surface area (Å²) in [6.45, 7) is 2.41. The maximum Gasteiger partial charge on any atom is 0.352 e. The Hall–Kier alpha value is -2.48. The van der Waals surface area contributed by atoms with Gasteiger partial charge < -0.3 is 14.4 Å². The summed E-state index contributed by atoms with van der Waals surface area (Å²) in [7, 11) is 0. The minimum absolute atomic E-state index is 0.00668. The largest absolute Gasteiger partial charge is 0.473 e. The summed E-state index contributed by atoms with van der Waals surface area (Å²) in [5, 5.41) is 0. The summed E-state index contributed by atoms with van der Waals surface area (Å²) in [6.07, 6.45) is -0.00668. The standard InChI is InChI=1S/C16H15F2N3O3/c17-11-3-10(4-12(18)5-11)9-24-14-6-15-20-1-2-23-13(7-20)8-21(15)16(22)19-14/h3-6,13H,1-2,7-9H2. The van der Waals surface area contributed by atoms with Crippen LogP contribution in [0.25, 0.3) is 0 Å². The van der Waals surface area contributed by atoms with Gasteiger partial charge >= 0.3 is 5.69 Å². The Morgan fingerprint density at radius 2 is 2.00 bits per heavy atom. The number of hydrogen-bond donors (Lipinski definition) is 0. The van der Waals surface area contributed by atoms with Crippen LogP contribution in [0.15, 0.2) is 29.1 Å². The van der Waals surface area contributed by atoms with Crippen molar-refractivity contribution in [2.24, 2.45) is 0 Å². The minimum atomic E-state index is -0.675. The van der Waals surface area contributed by atoms with Crippen LogP contribution in [0.2, 0.25) is 0 Å². The van der Waals surface area contributed by atoms with Crippen molar-refractivity contribution in [1.29, 1.82) is 0 Å². The number of hydrogen-bond acceptors (Lipinski definition) is 5. The first kappa shape index (κ1) is 15.1. The fourth-order valence-corrected chi connectivity index (χ4v) is 3.07. The summed E-state index contributed by atoms with van der Waals surface area (Å²) in [5.74, 6) is -0.478. The first-order chi connectivity index (χ1) is 11.6. The van der Waals surface area contributed by atoms with E-state index >= 15 is 0 Å². The van der Waals surface area contributed by atoms with E-state index in [9.17, 15) is 13.6 Å². The van der Waals surface area contributed by atoms with Crippen molar-refractivity contribution < 1.29 is 18.3 Å². The van der Waals surface area contributed by atoms with Crippen molar-refractivity contribution in [2.45, 2.75) is 19.3 Å². The van der Waals surface area contributed by atoms with Crippen molar-refractivity contribution in [3.05, 3.63) is 51.9 Å². The van der Waals surface area contributed by atoms with Gasteiger partial charge in [0, 0.05) is 25.2 Å². The van der Waals surface area contributed by atoms with Crippen LogP contribution in [-0.4, -0.2) is 35.4 Å². The van der Waals surface area contributed by atoms with Crippen molar-refractivity contribution in [3.8, 4) is 5.88 Å². The lowest BCUT2D eigenvalue weighted by Gasteiger charge is -2.40. The van der Waals surface area contributed by atoms with Crippen LogP contribution in [0.4, 0.5) is 14.6 Å². The molecule has 0 N–H and O–H groups in total. The highest BCUT2D eigenvalue weighted by Gasteiger charge is 2.30. The molecule has 3 heterocycles. The molecule has 2 aliphatic heterocycles. The van der Waals surface area contributed by atoms with Crippen LogP contribution in [0.5, 0.6) is 5.88 Å². The number of rotatable bonds is 3. The molecule has 0 amide bonds. The predicted molar refractivity (Wildman–Crippen MR) is 81.1 cm³/mol. The van der Waals surface area contributed by atoms with Gasteiger partial charge in [-0.3, -0.25) is 4.57 Å². The van der Waals surface area contributed by atoms with Gasteiger partial charge in [0.25, 0.3) is 0 Å². The normalized spacial score (nSPS) is 19.1. The zero-order valence-corrected chi connectivity index (χ0v) is 12.7. The molecule has 4 rings (SSSR count). The van der Waals surface area contributed by atoms with E-state index in [1.54, 1.807) is 10.6 Å². The number of aromatic nitrogens is 2. The zero-order chi connectivity index (χ0) is 16.7. The zero-order valence-electron chi connectivity index (χ0n) is 12.7. The summed E-state index contributed by atoms with van der Waals surface area (Å²) < 4.78 is 39.0. The second kappa shape index (κ2) is 5.86. The number of benzene rings is 1. The van der Waals surface area contributed by atoms with Crippen LogP contribution in [0.3, 0.4) is 0 Å². The summed E-state index contributed by atoms with van der Waals surface area (Å²) in [4.78, 5) is 18.1. The molecule has 1 saturated heterocycles. The predicted octanol–water partition coefficient (Wildman–Crippen LogP) is 1.32. The number of morpholine rings is 1. The molecule has 1 atom stereocenters. The van der Waals surface area contributed by atoms with Crippen LogP contribution < -0.4 is 15.3 Å². The molecule has 1 fully saturated rings. The van der Waals surface area contributed by atoms with E-state index in [1.807, 2.05) is 0 Å². The first-order valence-corrected chi connectivity index (χ1v) is 7.65. The van der Waals surface area contributed by atoms with Crippen molar-refractivity contribution >= 4 is 5.82 Å². The highest BCUT2D eigenvalue weighted by molar-refractivity contribution is 5.44. The van der Waals surface area contributed by atoms with Crippen molar-refractivity contribution in [1.82, 2.24) is 9.55 Å². The topological polar surface area (TPSA) is 56.6 Å².